The fourth-order valence-electron chi connectivity index (χ4n) is 2.26. The molecule has 0 atom stereocenters. The van der Waals surface area contributed by atoms with Gasteiger partial charge in [0.25, 0.3) is 0 Å². The molecule has 7 heteroatoms. The van der Waals surface area contributed by atoms with E-state index in [0.717, 1.165) is 36.6 Å². The number of rotatable bonds is 8. The topological polar surface area (TPSA) is 62.5 Å². The van der Waals surface area contributed by atoms with Crippen LogP contribution in [0.4, 0.5) is 4.39 Å². The number of nitrogens with one attached hydrogen (secondary N) is 2. The maximum Gasteiger partial charge on any atom is 0.226 e. The van der Waals surface area contributed by atoms with Crippen molar-refractivity contribution < 1.29 is 8.81 Å². The average molecular weight is 460 g/mol. The summed E-state index contributed by atoms with van der Waals surface area (Å²) in [6, 6.07) is 6.11. The summed E-state index contributed by atoms with van der Waals surface area (Å²) in [7, 11) is 1.76. The van der Waals surface area contributed by atoms with E-state index in [2.05, 4.69) is 27.5 Å². The number of halogens is 2. The van der Waals surface area contributed by atoms with E-state index in [0.29, 0.717) is 12.4 Å². The Balaban J connectivity index is 0.00000312. The highest BCUT2D eigenvalue weighted by atomic mass is 127. The van der Waals surface area contributed by atoms with E-state index < -0.39 is 0 Å². The highest BCUT2D eigenvalue weighted by Gasteiger charge is 2.07. The van der Waals surface area contributed by atoms with Crippen LogP contribution < -0.4 is 10.6 Å². The van der Waals surface area contributed by atoms with Gasteiger partial charge in [0, 0.05) is 32.1 Å². The van der Waals surface area contributed by atoms with Gasteiger partial charge in [-0.25, -0.2) is 9.37 Å². The third kappa shape index (κ3) is 7.41. The molecule has 0 saturated carbocycles. The quantitative estimate of drug-likeness (QED) is 0.271. The second-order valence-electron chi connectivity index (χ2n) is 5.53. The summed E-state index contributed by atoms with van der Waals surface area (Å²) < 4.78 is 18.4. The zero-order chi connectivity index (χ0) is 17.2. The van der Waals surface area contributed by atoms with Crippen LogP contribution in [0.3, 0.4) is 0 Å². The zero-order valence-corrected chi connectivity index (χ0v) is 17.0. The molecule has 0 spiro atoms. The number of hydrogen-bond acceptors (Lipinski definition) is 3. The minimum atomic E-state index is -0.271. The van der Waals surface area contributed by atoms with Crippen molar-refractivity contribution in [3.63, 3.8) is 0 Å². The van der Waals surface area contributed by atoms with Crippen LogP contribution in [0.15, 0.2) is 39.9 Å². The number of aliphatic imine (C=N–C) groups is 1. The first kappa shape index (κ1) is 21.4. The normalized spacial score (nSPS) is 11.1. The lowest BCUT2D eigenvalue weighted by Crippen LogP contribution is -2.38. The Labute approximate surface area is 165 Å². The van der Waals surface area contributed by atoms with Crippen molar-refractivity contribution in [3.8, 4) is 11.5 Å². The molecule has 2 N–H and O–H groups in total. The third-order valence-electron chi connectivity index (χ3n) is 3.61. The molecular weight excluding hydrogens is 434 g/mol. The molecule has 1 aromatic heterocycles. The molecule has 138 valence electrons. The Morgan fingerprint density at radius 2 is 1.88 bits per heavy atom. The number of guanidine groups is 1. The van der Waals surface area contributed by atoms with Gasteiger partial charge in [-0.05, 0) is 30.7 Å². The second-order valence-corrected chi connectivity index (χ2v) is 5.53. The van der Waals surface area contributed by atoms with Gasteiger partial charge < -0.3 is 15.1 Å². The summed E-state index contributed by atoms with van der Waals surface area (Å²) >= 11 is 0. The highest BCUT2D eigenvalue weighted by Crippen LogP contribution is 2.18. The molecule has 0 aliphatic heterocycles. The Bertz CT molecular complexity index is 643. The number of nitrogens with zero attached hydrogens (tertiary/aromatic N) is 2. The Morgan fingerprint density at radius 3 is 2.56 bits per heavy atom. The van der Waals surface area contributed by atoms with Gasteiger partial charge in [-0.3, -0.25) is 4.99 Å². The van der Waals surface area contributed by atoms with Crippen molar-refractivity contribution in [1.29, 1.82) is 0 Å². The molecule has 0 fully saturated rings. The van der Waals surface area contributed by atoms with E-state index in [1.807, 2.05) is 0 Å². The molecule has 5 nitrogen and oxygen atoms in total. The smallest absolute Gasteiger partial charge is 0.226 e. The van der Waals surface area contributed by atoms with Crippen LogP contribution in [0.25, 0.3) is 11.5 Å². The van der Waals surface area contributed by atoms with Crippen molar-refractivity contribution in [2.24, 2.45) is 4.99 Å². The number of unbranched alkanes of at least 4 members (excludes halogenated alkanes) is 2. The fourth-order valence-corrected chi connectivity index (χ4v) is 2.26. The molecule has 25 heavy (non-hydrogen) atoms. The minimum Gasteiger partial charge on any atom is -0.444 e. The van der Waals surface area contributed by atoms with E-state index in [1.165, 1.54) is 25.0 Å². The van der Waals surface area contributed by atoms with Crippen molar-refractivity contribution in [1.82, 2.24) is 15.6 Å². The first-order valence-corrected chi connectivity index (χ1v) is 8.37. The van der Waals surface area contributed by atoms with Gasteiger partial charge in [0.2, 0.25) is 5.89 Å². The molecule has 0 aliphatic rings. The average Bonchev–Trinajstić information content (AvgIpc) is 3.06. The first-order valence-electron chi connectivity index (χ1n) is 8.37. The molecule has 0 unspecified atom stereocenters. The number of hydrogen-bond donors (Lipinski definition) is 2. The van der Waals surface area contributed by atoms with E-state index in [1.54, 1.807) is 25.4 Å². The second kappa shape index (κ2) is 11.8. The Morgan fingerprint density at radius 1 is 1.16 bits per heavy atom. The SMILES string of the molecule is CCCCCNC(=NC)NCCc1coc(-c2ccc(F)cc2)n1.I. The molecule has 0 saturated heterocycles. The minimum absolute atomic E-state index is 0. The van der Waals surface area contributed by atoms with Crippen molar-refractivity contribution in [2.75, 3.05) is 20.1 Å². The van der Waals surface area contributed by atoms with Crippen LogP contribution in [-0.4, -0.2) is 31.1 Å². The lowest BCUT2D eigenvalue weighted by atomic mass is 10.2. The molecule has 1 aromatic carbocycles. The lowest BCUT2D eigenvalue weighted by Gasteiger charge is -2.10. The molecule has 2 rings (SSSR count). The summed E-state index contributed by atoms with van der Waals surface area (Å²) in [4.78, 5) is 8.62. The van der Waals surface area contributed by atoms with Crippen LogP contribution >= 0.6 is 24.0 Å². The predicted octanol–water partition coefficient (Wildman–Crippen LogP) is 4.00. The van der Waals surface area contributed by atoms with Gasteiger partial charge in [0.1, 0.15) is 12.1 Å². The predicted molar refractivity (Wildman–Crippen MR) is 110 cm³/mol. The maximum absolute atomic E-state index is 12.9. The zero-order valence-electron chi connectivity index (χ0n) is 14.7. The van der Waals surface area contributed by atoms with Crippen LogP contribution in [0.2, 0.25) is 0 Å². The molecule has 1 heterocycles. The summed E-state index contributed by atoms with van der Waals surface area (Å²) in [5.41, 5.74) is 1.62. The number of benzene rings is 1. The van der Waals surface area contributed by atoms with Crippen LogP contribution in [0.1, 0.15) is 31.9 Å². The summed E-state index contributed by atoms with van der Waals surface area (Å²) in [6.45, 7) is 3.82. The molecule has 0 aliphatic carbocycles. The summed E-state index contributed by atoms with van der Waals surface area (Å²) in [5.74, 6) is 1.04. The fraction of sp³-hybridized carbons (Fsp3) is 0.444. The van der Waals surface area contributed by atoms with Gasteiger partial charge in [-0.1, -0.05) is 19.8 Å². The van der Waals surface area contributed by atoms with Gasteiger partial charge in [-0.2, -0.15) is 0 Å². The number of oxazole rings is 1. The molecule has 2 aromatic rings. The monoisotopic (exact) mass is 460 g/mol. The van der Waals surface area contributed by atoms with Gasteiger partial charge in [0.15, 0.2) is 5.96 Å². The molecular formula is C18H26FIN4O. The van der Waals surface area contributed by atoms with E-state index in [4.69, 9.17) is 4.42 Å². The van der Waals surface area contributed by atoms with Crippen molar-refractivity contribution in [3.05, 3.63) is 42.0 Å². The Hall–Kier alpha value is -1.64. The largest absolute Gasteiger partial charge is 0.444 e. The molecule has 0 amide bonds. The Kier molecular flexibility index (Phi) is 10.1. The molecule has 0 bridgehead atoms. The van der Waals surface area contributed by atoms with Crippen LogP contribution in [0.5, 0.6) is 0 Å². The molecule has 0 radical (unpaired) electrons. The van der Waals surface area contributed by atoms with Gasteiger partial charge in [0.05, 0.1) is 5.69 Å². The van der Waals surface area contributed by atoms with E-state index in [9.17, 15) is 4.39 Å². The standard InChI is InChI=1S/C18H25FN4O.HI/c1-3-4-5-11-21-18(20-2)22-12-10-16-13-24-17(23-16)14-6-8-15(19)9-7-14;/h6-9,13H,3-5,10-12H2,1-2H3,(H2,20,21,22);1H. The van der Waals surface area contributed by atoms with Crippen molar-refractivity contribution in [2.45, 2.75) is 32.6 Å². The van der Waals surface area contributed by atoms with Gasteiger partial charge >= 0.3 is 0 Å². The van der Waals surface area contributed by atoms with E-state index >= 15 is 0 Å². The maximum atomic E-state index is 12.9. The first-order chi connectivity index (χ1) is 11.7. The third-order valence-corrected chi connectivity index (χ3v) is 3.61. The highest BCUT2D eigenvalue weighted by molar-refractivity contribution is 14.0. The summed E-state index contributed by atoms with van der Waals surface area (Å²) in [5, 5.41) is 6.55. The van der Waals surface area contributed by atoms with E-state index in [-0.39, 0.29) is 29.8 Å². The number of aromatic nitrogens is 1. The van der Waals surface area contributed by atoms with Gasteiger partial charge in [-0.15, -0.1) is 24.0 Å². The van der Waals surface area contributed by atoms with Crippen LogP contribution in [-0.2, 0) is 6.42 Å². The van der Waals surface area contributed by atoms with Crippen LogP contribution in [0, 0.1) is 5.82 Å². The lowest BCUT2D eigenvalue weighted by molar-refractivity contribution is 0.571. The van der Waals surface area contributed by atoms with Crippen molar-refractivity contribution >= 4 is 29.9 Å². The summed E-state index contributed by atoms with van der Waals surface area (Å²) in [6.07, 6.45) is 5.92.